The summed E-state index contributed by atoms with van der Waals surface area (Å²) in [7, 11) is 0. The van der Waals surface area contributed by atoms with Crippen LogP contribution in [0.25, 0.3) is 0 Å². The monoisotopic (exact) mass is 410 g/mol. The second-order valence-electron chi connectivity index (χ2n) is 6.40. The van der Waals surface area contributed by atoms with Crippen molar-refractivity contribution in [2.45, 2.75) is 19.8 Å². The van der Waals surface area contributed by atoms with Crippen LogP contribution in [0.1, 0.15) is 27.0 Å². The Morgan fingerprint density at radius 2 is 1.55 bits per heavy atom. The Bertz CT molecular complexity index is 991. The van der Waals surface area contributed by atoms with Crippen LogP contribution >= 0.6 is 11.6 Å². The molecule has 0 unspecified atom stereocenters. The predicted molar refractivity (Wildman–Crippen MR) is 111 cm³/mol. The van der Waals surface area contributed by atoms with Gasteiger partial charge in [-0.3, -0.25) is 14.9 Å². The number of non-ortho nitro benzene ring substituents is 1. The van der Waals surface area contributed by atoms with Gasteiger partial charge in [-0.2, -0.15) is 0 Å². The molecule has 0 aliphatic carbocycles. The summed E-state index contributed by atoms with van der Waals surface area (Å²) in [6.07, 6.45) is 0. The van der Waals surface area contributed by atoms with E-state index in [0.717, 1.165) is 16.7 Å². The number of nitro benzene ring substituents is 1. The first-order chi connectivity index (χ1) is 14.0. The number of carbonyl (C=O) groups excluding carboxylic acids is 1. The normalized spacial score (nSPS) is 10.5. The van der Waals surface area contributed by atoms with Crippen molar-refractivity contribution in [2.24, 2.45) is 0 Å². The van der Waals surface area contributed by atoms with Gasteiger partial charge in [-0.05, 0) is 22.8 Å². The van der Waals surface area contributed by atoms with Crippen molar-refractivity contribution in [3.05, 3.63) is 110 Å². The Hall–Kier alpha value is -3.22. The molecule has 1 amide bonds. The standard InChI is InChI=1S/C22H19ClN2O4/c23-21-11-10-19(25(27)28)12-20(21)22(26)24-13-16-6-8-18(9-7-16)15-29-14-17-4-2-1-3-5-17/h1-12H,13-15H2,(H,24,26). The minimum Gasteiger partial charge on any atom is -0.372 e. The van der Waals surface area contributed by atoms with Gasteiger partial charge in [0.1, 0.15) is 0 Å². The van der Waals surface area contributed by atoms with Crippen LogP contribution in [-0.4, -0.2) is 10.8 Å². The van der Waals surface area contributed by atoms with Crippen molar-refractivity contribution in [2.75, 3.05) is 0 Å². The van der Waals surface area contributed by atoms with Crippen LogP contribution in [-0.2, 0) is 24.5 Å². The summed E-state index contributed by atoms with van der Waals surface area (Å²) < 4.78 is 5.71. The van der Waals surface area contributed by atoms with Gasteiger partial charge in [-0.15, -0.1) is 0 Å². The lowest BCUT2D eigenvalue weighted by molar-refractivity contribution is -0.384. The molecule has 0 radical (unpaired) electrons. The maximum atomic E-state index is 12.3. The van der Waals surface area contributed by atoms with Crippen LogP contribution < -0.4 is 5.32 Å². The van der Waals surface area contributed by atoms with E-state index < -0.39 is 10.8 Å². The largest absolute Gasteiger partial charge is 0.372 e. The number of hydrogen-bond donors (Lipinski definition) is 1. The maximum Gasteiger partial charge on any atom is 0.270 e. The summed E-state index contributed by atoms with van der Waals surface area (Å²) in [4.78, 5) is 22.6. The lowest BCUT2D eigenvalue weighted by Crippen LogP contribution is -2.23. The Morgan fingerprint density at radius 3 is 2.21 bits per heavy atom. The third-order valence-electron chi connectivity index (χ3n) is 4.26. The van der Waals surface area contributed by atoms with Gasteiger partial charge < -0.3 is 10.1 Å². The molecule has 0 fully saturated rings. The molecule has 1 N–H and O–H groups in total. The Labute approximate surface area is 173 Å². The molecule has 148 valence electrons. The fourth-order valence-electron chi connectivity index (χ4n) is 2.69. The Kier molecular flexibility index (Phi) is 6.94. The molecule has 0 aliphatic heterocycles. The van der Waals surface area contributed by atoms with E-state index in [9.17, 15) is 14.9 Å². The average molecular weight is 411 g/mol. The van der Waals surface area contributed by atoms with Crippen molar-refractivity contribution in [1.82, 2.24) is 5.32 Å². The summed E-state index contributed by atoms with van der Waals surface area (Å²) in [6.45, 7) is 1.32. The number of nitrogens with zero attached hydrogens (tertiary/aromatic N) is 1. The number of rotatable bonds is 8. The first-order valence-corrected chi connectivity index (χ1v) is 9.32. The molecular formula is C22H19ClN2O4. The zero-order valence-electron chi connectivity index (χ0n) is 15.5. The van der Waals surface area contributed by atoms with Crippen molar-refractivity contribution in [3.63, 3.8) is 0 Å². The van der Waals surface area contributed by atoms with E-state index in [4.69, 9.17) is 16.3 Å². The van der Waals surface area contributed by atoms with E-state index in [-0.39, 0.29) is 22.8 Å². The maximum absolute atomic E-state index is 12.3. The van der Waals surface area contributed by atoms with E-state index in [2.05, 4.69) is 5.32 Å². The average Bonchev–Trinajstić information content (AvgIpc) is 2.74. The fourth-order valence-corrected chi connectivity index (χ4v) is 2.90. The quantitative estimate of drug-likeness (QED) is 0.423. The van der Waals surface area contributed by atoms with Gasteiger partial charge in [-0.1, -0.05) is 66.2 Å². The highest BCUT2D eigenvalue weighted by atomic mass is 35.5. The highest BCUT2D eigenvalue weighted by molar-refractivity contribution is 6.33. The highest BCUT2D eigenvalue weighted by Gasteiger charge is 2.15. The molecule has 0 saturated heterocycles. The molecule has 6 nitrogen and oxygen atoms in total. The van der Waals surface area contributed by atoms with E-state index >= 15 is 0 Å². The first kappa shape index (κ1) is 20.5. The molecule has 0 heterocycles. The lowest BCUT2D eigenvalue weighted by Gasteiger charge is -2.08. The summed E-state index contributed by atoms with van der Waals surface area (Å²) >= 11 is 5.99. The lowest BCUT2D eigenvalue weighted by atomic mass is 10.1. The number of ether oxygens (including phenoxy) is 1. The van der Waals surface area contributed by atoms with Crippen molar-refractivity contribution < 1.29 is 14.5 Å². The van der Waals surface area contributed by atoms with Crippen molar-refractivity contribution in [1.29, 1.82) is 0 Å². The molecule has 0 bridgehead atoms. The Balaban J connectivity index is 1.51. The van der Waals surface area contributed by atoms with Crippen LogP contribution in [0.5, 0.6) is 0 Å². The smallest absolute Gasteiger partial charge is 0.270 e. The third-order valence-corrected chi connectivity index (χ3v) is 4.59. The molecule has 0 atom stereocenters. The number of nitrogens with one attached hydrogen (secondary N) is 1. The molecular weight excluding hydrogens is 392 g/mol. The zero-order valence-corrected chi connectivity index (χ0v) is 16.3. The van der Waals surface area contributed by atoms with Gasteiger partial charge in [0.25, 0.3) is 11.6 Å². The van der Waals surface area contributed by atoms with E-state index in [0.29, 0.717) is 13.2 Å². The van der Waals surface area contributed by atoms with E-state index in [1.807, 2.05) is 54.6 Å². The van der Waals surface area contributed by atoms with Gasteiger partial charge in [0.2, 0.25) is 0 Å². The van der Waals surface area contributed by atoms with Crippen LogP contribution in [0.2, 0.25) is 5.02 Å². The SMILES string of the molecule is O=C(NCc1ccc(COCc2ccccc2)cc1)c1cc([N+](=O)[O-])ccc1Cl. The van der Waals surface area contributed by atoms with Crippen LogP contribution in [0.4, 0.5) is 5.69 Å². The fraction of sp³-hybridized carbons (Fsp3) is 0.136. The van der Waals surface area contributed by atoms with Gasteiger partial charge in [-0.25, -0.2) is 0 Å². The molecule has 7 heteroatoms. The minimum absolute atomic E-state index is 0.0757. The van der Waals surface area contributed by atoms with Gasteiger partial charge in [0, 0.05) is 18.7 Å². The summed E-state index contributed by atoms with van der Waals surface area (Å²) in [5.74, 6) is -0.464. The predicted octanol–water partition coefficient (Wildman–Crippen LogP) is 4.90. The molecule has 0 aromatic heterocycles. The third kappa shape index (κ3) is 5.88. The molecule has 29 heavy (non-hydrogen) atoms. The van der Waals surface area contributed by atoms with Crippen LogP contribution in [0.15, 0.2) is 72.8 Å². The number of carbonyl (C=O) groups is 1. The molecule has 3 rings (SSSR count). The number of amides is 1. The molecule has 3 aromatic carbocycles. The van der Waals surface area contributed by atoms with Crippen molar-refractivity contribution >= 4 is 23.2 Å². The second kappa shape index (κ2) is 9.82. The van der Waals surface area contributed by atoms with Gasteiger partial charge >= 0.3 is 0 Å². The number of halogens is 1. The van der Waals surface area contributed by atoms with Gasteiger partial charge in [0.15, 0.2) is 0 Å². The zero-order chi connectivity index (χ0) is 20.6. The molecule has 0 spiro atoms. The highest BCUT2D eigenvalue weighted by Crippen LogP contribution is 2.22. The second-order valence-corrected chi connectivity index (χ2v) is 6.81. The number of nitro groups is 1. The van der Waals surface area contributed by atoms with Crippen molar-refractivity contribution in [3.8, 4) is 0 Å². The first-order valence-electron chi connectivity index (χ1n) is 8.94. The van der Waals surface area contributed by atoms with Crippen LogP contribution in [0.3, 0.4) is 0 Å². The summed E-state index contributed by atoms with van der Waals surface area (Å²) in [5.41, 5.74) is 2.93. The summed E-state index contributed by atoms with van der Waals surface area (Å²) in [5, 5.41) is 13.8. The topological polar surface area (TPSA) is 81.5 Å². The van der Waals surface area contributed by atoms with E-state index in [1.54, 1.807) is 0 Å². The molecule has 0 aliphatic rings. The minimum atomic E-state index is -0.564. The summed E-state index contributed by atoms with van der Waals surface area (Å²) in [6, 6.07) is 21.4. The van der Waals surface area contributed by atoms with Crippen LogP contribution in [0, 0.1) is 10.1 Å². The number of benzene rings is 3. The molecule has 0 saturated carbocycles. The Morgan fingerprint density at radius 1 is 0.931 bits per heavy atom. The number of hydrogen-bond acceptors (Lipinski definition) is 4. The van der Waals surface area contributed by atoms with E-state index in [1.165, 1.54) is 18.2 Å². The molecule has 3 aromatic rings. The van der Waals surface area contributed by atoms with Gasteiger partial charge in [0.05, 0.1) is 28.7 Å².